The van der Waals surface area contributed by atoms with Crippen LogP contribution in [-0.4, -0.2) is 59.7 Å². The van der Waals surface area contributed by atoms with Gasteiger partial charge in [-0.15, -0.1) is 0 Å². The first kappa shape index (κ1) is 19.9. The smallest absolute Gasteiger partial charge is 0.325 e. The van der Waals surface area contributed by atoms with Gasteiger partial charge in [0.1, 0.15) is 12.1 Å². The maximum Gasteiger partial charge on any atom is 0.325 e. The van der Waals surface area contributed by atoms with Crippen molar-refractivity contribution in [2.24, 2.45) is 0 Å². The van der Waals surface area contributed by atoms with E-state index in [2.05, 4.69) is 10.6 Å². The highest BCUT2D eigenvalue weighted by Gasteiger charge is 2.54. The van der Waals surface area contributed by atoms with E-state index in [1.165, 1.54) is 4.90 Å². The molecule has 8 nitrogen and oxygen atoms in total. The molecule has 1 fully saturated rings. The van der Waals surface area contributed by atoms with Crippen LogP contribution >= 0.6 is 0 Å². The molecule has 1 aromatic carbocycles. The molecule has 1 aliphatic heterocycles. The first-order valence-corrected chi connectivity index (χ1v) is 9.70. The van der Waals surface area contributed by atoms with Crippen molar-refractivity contribution >= 4 is 23.8 Å². The quantitative estimate of drug-likeness (QED) is 0.705. The summed E-state index contributed by atoms with van der Waals surface area (Å²) in [5.74, 6) is -1.10. The van der Waals surface area contributed by atoms with Crippen LogP contribution in [0.5, 0.6) is 0 Å². The van der Waals surface area contributed by atoms with Crippen LogP contribution in [0.25, 0.3) is 0 Å². The average molecular weight is 386 g/mol. The van der Waals surface area contributed by atoms with Gasteiger partial charge in [0, 0.05) is 13.1 Å². The van der Waals surface area contributed by atoms with E-state index in [-0.39, 0.29) is 19.0 Å². The third-order valence-electron chi connectivity index (χ3n) is 5.39. The highest BCUT2D eigenvalue weighted by atomic mass is 16.2. The van der Waals surface area contributed by atoms with Crippen molar-refractivity contribution in [3.8, 4) is 0 Å². The maximum atomic E-state index is 13.2. The van der Waals surface area contributed by atoms with E-state index in [0.29, 0.717) is 19.5 Å². The van der Waals surface area contributed by atoms with Gasteiger partial charge in [-0.05, 0) is 44.2 Å². The van der Waals surface area contributed by atoms with Gasteiger partial charge in [0.15, 0.2) is 0 Å². The van der Waals surface area contributed by atoms with Crippen LogP contribution in [0.3, 0.4) is 0 Å². The second-order valence-corrected chi connectivity index (χ2v) is 7.10. The lowest BCUT2D eigenvalue weighted by Gasteiger charge is -2.33. The van der Waals surface area contributed by atoms with Gasteiger partial charge < -0.3 is 15.5 Å². The van der Waals surface area contributed by atoms with E-state index in [1.807, 2.05) is 24.3 Å². The zero-order chi connectivity index (χ0) is 20.3. The number of amides is 5. The Morgan fingerprint density at radius 3 is 2.71 bits per heavy atom. The van der Waals surface area contributed by atoms with Crippen molar-refractivity contribution in [2.45, 2.75) is 38.6 Å². The van der Waals surface area contributed by atoms with Crippen LogP contribution in [0.15, 0.2) is 24.3 Å². The van der Waals surface area contributed by atoms with Crippen LogP contribution in [0.1, 0.15) is 37.8 Å². The fraction of sp³-hybridized carbons (Fsp3) is 0.500. The molecule has 2 N–H and O–H groups in total. The molecule has 1 aliphatic carbocycles. The molecule has 150 valence electrons. The van der Waals surface area contributed by atoms with Gasteiger partial charge in [-0.25, -0.2) is 4.79 Å². The zero-order valence-electron chi connectivity index (χ0n) is 16.3. The molecule has 3 rings (SSSR count). The van der Waals surface area contributed by atoms with Crippen LogP contribution in [-0.2, 0) is 26.3 Å². The number of likely N-dealkylation sites (N-methyl/N-ethyl adjacent to an activating group) is 2. The number of hydrogen-bond donors (Lipinski definition) is 2. The normalized spacial score (nSPS) is 20.7. The molecule has 0 radical (unpaired) electrons. The highest BCUT2D eigenvalue weighted by Crippen LogP contribution is 2.39. The van der Waals surface area contributed by atoms with E-state index in [1.54, 1.807) is 13.8 Å². The number of urea groups is 1. The van der Waals surface area contributed by atoms with Gasteiger partial charge >= 0.3 is 6.03 Å². The van der Waals surface area contributed by atoms with E-state index in [9.17, 15) is 19.2 Å². The predicted molar refractivity (Wildman–Crippen MR) is 102 cm³/mol. The Morgan fingerprint density at radius 2 is 2.00 bits per heavy atom. The largest absolute Gasteiger partial charge is 0.355 e. The fourth-order valence-electron chi connectivity index (χ4n) is 3.99. The predicted octanol–water partition coefficient (Wildman–Crippen LogP) is 0.755. The molecule has 0 aromatic heterocycles. The summed E-state index contributed by atoms with van der Waals surface area (Å²) in [6.07, 6.45) is 2.15. The SMILES string of the molecule is CCNC(=O)CN(CC)C(=O)CN1C(=O)N[C@@]2(CCCc3ccccc32)C1=O. The number of nitrogens with zero attached hydrogens (tertiary/aromatic N) is 2. The Balaban J connectivity index is 1.78. The molecule has 5 amide bonds. The minimum atomic E-state index is -1.09. The number of nitrogens with one attached hydrogen (secondary N) is 2. The summed E-state index contributed by atoms with van der Waals surface area (Å²) in [6, 6.07) is 7.04. The summed E-state index contributed by atoms with van der Waals surface area (Å²) < 4.78 is 0. The molecule has 8 heteroatoms. The Bertz CT molecular complexity index is 809. The molecule has 0 bridgehead atoms. The molecule has 1 saturated heterocycles. The van der Waals surface area contributed by atoms with Crippen LogP contribution in [0.4, 0.5) is 4.79 Å². The second-order valence-electron chi connectivity index (χ2n) is 7.10. The number of carbonyl (C=O) groups is 4. The molecular formula is C20H26N4O4. The van der Waals surface area contributed by atoms with Crippen molar-refractivity contribution < 1.29 is 19.2 Å². The van der Waals surface area contributed by atoms with Crippen LogP contribution in [0, 0.1) is 0 Å². The standard InChI is InChI=1S/C20H26N4O4/c1-3-21-16(25)12-23(4-2)17(26)13-24-18(27)20(22-19(24)28)11-7-9-14-8-5-6-10-15(14)20/h5-6,8,10H,3-4,7,9,11-13H2,1-2H3,(H,21,25)(H,22,28)/t20-/m1/s1. The monoisotopic (exact) mass is 386 g/mol. The Kier molecular flexibility index (Phi) is 5.67. The van der Waals surface area contributed by atoms with Gasteiger partial charge in [0.25, 0.3) is 5.91 Å². The topological polar surface area (TPSA) is 98.8 Å². The number of rotatable bonds is 6. The van der Waals surface area contributed by atoms with Crippen molar-refractivity contribution in [1.82, 2.24) is 20.4 Å². The molecule has 1 atom stereocenters. The molecule has 1 aromatic rings. The van der Waals surface area contributed by atoms with Crippen molar-refractivity contribution in [3.63, 3.8) is 0 Å². The Morgan fingerprint density at radius 1 is 1.25 bits per heavy atom. The van der Waals surface area contributed by atoms with Gasteiger partial charge in [-0.2, -0.15) is 0 Å². The van der Waals surface area contributed by atoms with Crippen molar-refractivity contribution in [3.05, 3.63) is 35.4 Å². The molecule has 28 heavy (non-hydrogen) atoms. The molecule has 1 spiro atoms. The van der Waals surface area contributed by atoms with Crippen molar-refractivity contribution in [2.75, 3.05) is 26.2 Å². The lowest BCUT2D eigenvalue weighted by molar-refractivity contribution is -0.140. The second kappa shape index (κ2) is 8.00. The summed E-state index contributed by atoms with van der Waals surface area (Å²) in [5.41, 5.74) is 0.759. The summed E-state index contributed by atoms with van der Waals surface area (Å²) in [4.78, 5) is 52.6. The third-order valence-corrected chi connectivity index (χ3v) is 5.39. The number of hydrogen-bond acceptors (Lipinski definition) is 4. The summed E-state index contributed by atoms with van der Waals surface area (Å²) in [5, 5.41) is 5.48. The van der Waals surface area contributed by atoms with Crippen molar-refractivity contribution in [1.29, 1.82) is 0 Å². The van der Waals surface area contributed by atoms with E-state index in [4.69, 9.17) is 0 Å². The molecular weight excluding hydrogens is 360 g/mol. The van der Waals surface area contributed by atoms with Crippen LogP contribution in [0.2, 0.25) is 0 Å². The molecule has 0 unspecified atom stereocenters. The lowest BCUT2D eigenvalue weighted by Crippen LogP contribution is -2.48. The number of imide groups is 1. The Labute approximate surface area is 164 Å². The first-order valence-electron chi connectivity index (χ1n) is 9.70. The van der Waals surface area contributed by atoms with Crippen LogP contribution < -0.4 is 10.6 Å². The lowest BCUT2D eigenvalue weighted by atomic mass is 9.76. The highest BCUT2D eigenvalue weighted by molar-refractivity contribution is 6.09. The number of benzene rings is 1. The average Bonchev–Trinajstić information content (AvgIpc) is 2.91. The maximum absolute atomic E-state index is 13.2. The summed E-state index contributed by atoms with van der Waals surface area (Å²) in [7, 11) is 0. The van der Waals surface area contributed by atoms with E-state index < -0.39 is 23.4 Å². The van der Waals surface area contributed by atoms with Gasteiger partial charge in [0.2, 0.25) is 11.8 Å². The Hall–Kier alpha value is -2.90. The minimum absolute atomic E-state index is 0.0964. The minimum Gasteiger partial charge on any atom is -0.355 e. The van der Waals surface area contributed by atoms with Gasteiger partial charge in [-0.1, -0.05) is 24.3 Å². The molecule has 1 heterocycles. The molecule has 2 aliphatic rings. The van der Waals surface area contributed by atoms with E-state index in [0.717, 1.165) is 28.9 Å². The summed E-state index contributed by atoms with van der Waals surface area (Å²) >= 11 is 0. The number of aryl methyl sites for hydroxylation is 1. The third kappa shape index (κ3) is 3.46. The van der Waals surface area contributed by atoms with Gasteiger partial charge in [-0.3, -0.25) is 19.3 Å². The number of fused-ring (bicyclic) bond motifs is 2. The zero-order valence-corrected chi connectivity index (χ0v) is 16.3. The first-order chi connectivity index (χ1) is 13.4. The van der Waals surface area contributed by atoms with Gasteiger partial charge in [0.05, 0.1) is 6.54 Å². The number of carbonyl (C=O) groups excluding carboxylic acids is 4. The van der Waals surface area contributed by atoms with E-state index >= 15 is 0 Å². The molecule has 0 saturated carbocycles. The fourth-order valence-corrected chi connectivity index (χ4v) is 3.99. The summed E-state index contributed by atoms with van der Waals surface area (Å²) in [6.45, 7) is 3.86.